The van der Waals surface area contributed by atoms with Gasteiger partial charge in [-0.2, -0.15) is 0 Å². The minimum absolute atomic E-state index is 0.0105. The Balaban J connectivity index is 2.34. The van der Waals surface area contributed by atoms with Crippen molar-refractivity contribution in [2.24, 2.45) is 11.3 Å². The molecule has 130 valence electrons. The van der Waals surface area contributed by atoms with Crippen molar-refractivity contribution in [3.63, 3.8) is 0 Å². The smallest absolute Gasteiger partial charge is 0.410 e. The van der Waals surface area contributed by atoms with Crippen LogP contribution in [0, 0.1) is 11.3 Å². The third kappa shape index (κ3) is 5.76. The number of likely N-dealkylation sites (tertiary alicyclic amines) is 1. The molecule has 0 aliphatic carbocycles. The summed E-state index contributed by atoms with van der Waals surface area (Å²) >= 11 is 0. The molecule has 0 aromatic carbocycles. The summed E-state index contributed by atoms with van der Waals surface area (Å²) in [6.07, 6.45) is 2.75. The highest BCUT2D eigenvalue weighted by atomic mass is 16.6. The highest BCUT2D eigenvalue weighted by molar-refractivity contribution is 5.68. The van der Waals surface area contributed by atoms with Crippen LogP contribution in [-0.2, 0) is 4.74 Å². The van der Waals surface area contributed by atoms with Crippen molar-refractivity contribution in [1.29, 1.82) is 0 Å². The van der Waals surface area contributed by atoms with Gasteiger partial charge in [-0.05, 0) is 52.5 Å². The lowest BCUT2D eigenvalue weighted by molar-refractivity contribution is 0.0288. The fraction of sp³-hybridized carbons (Fsp3) is 0.941. The van der Waals surface area contributed by atoms with Crippen LogP contribution in [0.25, 0.3) is 0 Å². The number of carbonyl (C=O) groups is 1. The average molecular weight is 314 g/mol. The van der Waals surface area contributed by atoms with E-state index in [1.807, 2.05) is 20.8 Å². The monoisotopic (exact) mass is 314 g/mol. The average Bonchev–Trinajstić information content (AvgIpc) is 2.91. The van der Waals surface area contributed by atoms with Gasteiger partial charge in [0.15, 0.2) is 0 Å². The summed E-state index contributed by atoms with van der Waals surface area (Å²) in [6, 6.07) is 0. The number of hydrogen-bond donors (Lipinski definition) is 2. The largest absolute Gasteiger partial charge is 0.444 e. The second-order valence-corrected chi connectivity index (χ2v) is 7.58. The molecule has 1 heterocycles. The first-order valence-electron chi connectivity index (χ1n) is 8.54. The second kappa shape index (κ2) is 8.16. The molecule has 5 heteroatoms. The standard InChI is InChI=1S/C17H34N2O3/c1-6-17(7-2,13-20)12-18-10-14-8-9-19(11-14)15(21)22-16(3,4)5/h14,18,20H,6-13H2,1-5H3. The van der Waals surface area contributed by atoms with Gasteiger partial charge < -0.3 is 20.1 Å². The van der Waals surface area contributed by atoms with Crippen LogP contribution < -0.4 is 5.32 Å². The molecule has 1 unspecified atom stereocenters. The lowest BCUT2D eigenvalue weighted by atomic mass is 9.83. The molecule has 22 heavy (non-hydrogen) atoms. The molecular weight excluding hydrogens is 280 g/mol. The molecule has 0 spiro atoms. The number of aliphatic hydroxyl groups excluding tert-OH is 1. The van der Waals surface area contributed by atoms with E-state index in [9.17, 15) is 9.90 Å². The Morgan fingerprint density at radius 3 is 2.45 bits per heavy atom. The Bertz CT molecular complexity index is 340. The maximum Gasteiger partial charge on any atom is 0.410 e. The van der Waals surface area contributed by atoms with E-state index < -0.39 is 5.60 Å². The van der Waals surface area contributed by atoms with Crippen LogP contribution in [0.2, 0.25) is 0 Å². The summed E-state index contributed by atoms with van der Waals surface area (Å²) in [4.78, 5) is 13.8. The molecular formula is C17H34N2O3. The van der Waals surface area contributed by atoms with Crippen LogP contribution >= 0.6 is 0 Å². The Hall–Kier alpha value is -0.810. The molecule has 1 aliphatic rings. The van der Waals surface area contributed by atoms with Gasteiger partial charge in [0.25, 0.3) is 0 Å². The Kier molecular flexibility index (Phi) is 7.13. The molecule has 5 nitrogen and oxygen atoms in total. The first-order valence-corrected chi connectivity index (χ1v) is 8.54. The zero-order valence-electron chi connectivity index (χ0n) is 14.9. The molecule has 0 aromatic rings. The molecule has 0 saturated carbocycles. The minimum Gasteiger partial charge on any atom is -0.444 e. The summed E-state index contributed by atoms with van der Waals surface area (Å²) in [5.41, 5.74) is -0.445. The summed E-state index contributed by atoms with van der Waals surface area (Å²) in [7, 11) is 0. The van der Waals surface area contributed by atoms with Gasteiger partial charge in [-0.15, -0.1) is 0 Å². The van der Waals surface area contributed by atoms with E-state index in [1.54, 1.807) is 4.90 Å². The number of rotatable bonds is 7. The number of nitrogens with zero attached hydrogens (tertiary/aromatic N) is 1. The molecule has 0 bridgehead atoms. The third-order valence-corrected chi connectivity index (χ3v) is 4.71. The molecule has 0 radical (unpaired) electrons. The minimum atomic E-state index is -0.434. The molecule has 0 aromatic heterocycles. The van der Waals surface area contributed by atoms with Crippen molar-refractivity contribution >= 4 is 6.09 Å². The topological polar surface area (TPSA) is 61.8 Å². The van der Waals surface area contributed by atoms with Crippen LogP contribution in [0.3, 0.4) is 0 Å². The van der Waals surface area contributed by atoms with Gasteiger partial charge in [-0.3, -0.25) is 0 Å². The van der Waals surface area contributed by atoms with E-state index in [0.717, 1.165) is 45.4 Å². The van der Waals surface area contributed by atoms with Gasteiger partial charge in [0.1, 0.15) is 5.60 Å². The normalized spacial score (nSPS) is 19.5. The lowest BCUT2D eigenvalue weighted by Gasteiger charge is -2.30. The summed E-state index contributed by atoms with van der Waals surface area (Å²) in [5, 5.41) is 13.1. The van der Waals surface area contributed by atoms with E-state index in [2.05, 4.69) is 19.2 Å². The first-order chi connectivity index (χ1) is 10.2. The molecule has 1 amide bonds. The van der Waals surface area contributed by atoms with E-state index >= 15 is 0 Å². The second-order valence-electron chi connectivity index (χ2n) is 7.58. The molecule has 1 fully saturated rings. The molecule has 2 N–H and O–H groups in total. The van der Waals surface area contributed by atoms with Crippen LogP contribution in [0.5, 0.6) is 0 Å². The van der Waals surface area contributed by atoms with Gasteiger partial charge in [-0.25, -0.2) is 4.79 Å². The van der Waals surface area contributed by atoms with Crippen molar-refractivity contribution < 1.29 is 14.6 Å². The zero-order chi connectivity index (χ0) is 16.8. The van der Waals surface area contributed by atoms with Crippen LogP contribution in [0.1, 0.15) is 53.9 Å². The summed E-state index contributed by atoms with van der Waals surface area (Å²) in [6.45, 7) is 13.4. The Labute approximate surface area is 135 Å². The van der Waals surface area contributed by atoms with Gasteiger partial charge in [0.05, 0.1) is 0 Å². The number of nitrogens with one attached hydrogen (secondary N) is 1. The van der Waals surface area contributed by atoms with Crippen molar-refractivity contribution in [3.05, 3.63) is 0 Å². The van der Waals surface area contributed by atoms with E-state index in [1.165, 1.54) is 0 Å². The van der Waals surface area contributed by atoms with Crippen molar-refractivity contribution in [3.8, 4) is 0 Å². The van der Waals surface area contributed by atoms with E-state index in [0.29, 0.717) is 5.92 Å². The van der Waals surface area contributed by atoms with Crippen molar-refractivity contribution in [2.45, 2.75) is 59.5 Å². The lowest BCUT2D eigenvalue weighted by Crippen LogP contribution is -2.39. The SMILES string of the molecule is CCC(CC)(CO)CNCC1CCN(C(=O)OC(C)(C)C)C1. The Morgan fingerprint density at radius 1 is 1.32 bits per heavy atom. The highest BCUT2D eigenvalue weighted by Gasteiger charge is 2.30. The van der Waals surface area contributed by atoms with E-state index in [4.69, 9.17) is 4.74 Å². The third-order valence-electron chi connectivity index (χ3n) is 4.71. The summed E-state index contributed by atoms with van der Waals surface area (Å²) in [5.74, 6) is 0.470. The molecule has 1 saturated heterocycles. The summed E-state index contributed by atoms with van der Waals surface area (Å²) < 4.78 is 5.41. The quantitative estimate of drug-likeness (QED) is 0.758. The van der Waals surface area contributed by atoms with Gasteiger partial charge in [0.2, 0.25) is 0 Å². The number of aliphatic hydroxyl groups is 1. The molecule has 1 aliphatic heterocycles. The van der Waals surface area contributed by atoms with E-state index in [-0.39, 0.29) is 18.1 Å². The van der Waals surface area contributed by atoms with Gasteiger partial charge in [0, 0.05) is 31.7 Å². The van der Waals surface area contributed by atoms with Crippen molar-refractivity contribution in [2.75, 3.05) is 32.8 Å². The predicted molar refractivity (Wildman–Crippen MR) is 88.9 cm³/mol. The Morgan fingerprint density at radius 2 is 1.95 bits per heavy atom. The zero-order valence-corrected chi connectivity index (χ0v) is 14.9. The van der Waals surface area contributed by atoms with Crippen LogP contribution in [-0.4, -0.2) is 54.5 Å². The predicted octanol–water partition coefficient (Wildman–Crippen LogP) is 2.63. The highest BCUT2D eigenvalue weighted by Crippen LogP contribution is 2.25. The number of ether oxygens (including phenoxy) is 1. The first kappa shape index (κ1) is 19.2. The van der Waals surface area contributed by atoms with Gasteiger partial charge >= 0.3 is 6.09 Å². The fourth-order valence-electron chi connectivity index (χ4n) is 2.81. The number of carbonyl (C=O) groups excluding carboxylic acids is 1. The maximum absolute atomic E-state index is 12.0. The maximum atomic E-state index is 12.0. The number of hydrogen-bond acceptors (Lipinski definition) is 4. The molecule has 1 rings (SSSR count). The number of amides is 1. The van der Waals surface area contributed by atoms with Crippen molar-refractivity contribution in [1.82, 2.24) is 10.2 Å². The fourth-order valence-corrected chi connectivity index (χ4v) is 2.81. The van der Waals surface area contributed by atoms with Crippen LogP contribution in [0.15, 0.2) is 0 Å². The molecule has 1 atom stereocenters. The van der Waals surface area contributed by atoms with Crippen LogP contribution in [0.4, 0.5) is 4.79 Å². The van der Waals surface area contributed by atoms with Gasteiger partial charge in [-0.1, -0.05) is 13.8 Å².